The molecule has 1 aromatic rings. The Morgan fingerprint density at radius 1 is 1.24 bits per heavy atom. The van der Waals surface area contributed by atoms with Crippen LogP contribution in [0.4, 0.5) is 0 Å². The largest absolute Gasteiger partial charge is 0.490 e. The fourth-order valence-corrected chi connectivity index (χ4v) is 2.68. The molecule has 1 fully saturated rings. The van der Waals surface area contributed by atoms with Gasteiger partial charge in [-0.1, -0.05) is 18.2 Å². The topological polar surface area (TPSA) is 30.5 Å². The number of rotatable bonds is 7. The molecule has 0 spiro atoms. The van der Waals surface area contributed by atoms with Gasteiger partial charge in [0.25, 0.3) is 0 Å². The number of hydrogen-bond acceptors (Lipinski definition) is 3. The second-order valence-corrected chi connectivity index (χ2v) is 5.85. The summed E-state index contributed by atoms with van der Waals surface area (Å²) in [6, 6.07) is 6.90. The van der Waals surface area contributed by atoms with Crippen LogP contribution in [-0.2, 0) is 6.54 Å². The third-order valence-electron chi connectivity index (χ3n) is 4.00. The lowest BCUT2D eigenvalue weighted by Gasteiger charge is -2.22. The summed E-state index contributed by atoms with van der Waals surface area (Å²) >= 11 is 0. The van der Waals surface area contributed by atoms with Gasteiger partial charge < -0.3 is 14.8 Å². The molecule has 3 heteroatoms. The number of ether oxygens (including phenoxy) is 2. The van der Waals surface area contributed by atoms with Gasteiger partial charge in [0.05, 0.1) is 6.61 Å². The molecule has 1 aromatic carbocycles. The Bertz CT molecular complexity index is 494. The predicted octanol–water partition coefficient (Wildman–Crippen LogP) is 3.82. The quantitative estimate of drug-likeness (QED) is 0.773. The highest BCUT2D eigenvalue weighted by atomic mass is 16.5. The third-order valence-corrected chi connectivity index (χ3v) is 4.00. The van der Waals surface area contributed by atoms with E-state index >= 15 is 0 Å². The van der Waals surface area contributed by atoms with Crippen molar-refractivity contribution in [3.63, 3.8) is 0 Å². The molecule has 0 saturated heterocycles. The molecule has 3 nitrogen and oxygen atoms in total. The molecule has 0 bridgehead atoms. The van der Waals surface area contributed by atoms with Gasteiger partial charge in [-0.3, -0.25) is 0 Å². The van der Waals surface area contributed by atoms with Crippen molar-refractivity contribution in [3.05, 3.63) is 35.9 Å². The minimum absolute atomic E-state index is 0.181. The molecule has 0 radical (unpaired) electrons. The van der Waals surface area contributed by atoms with Crippen LogP contribution in [0.15, 0.2) is 30.4 Å². The van der Waals surface area contributed by atoms with Crippen molar-refractivity contribution >= 4 is 0 Å². The van der Waals surface area contributed by atoms with E-state index in [0.717, 1.165) is 24.5 Å². The van der Waals surface area contributed by atoms with E-state index in [1.807, 2.05) is 13.0 Å². The molecule has 0 aliphatic heterocycles. The second-order valence-electron chi connectivity index (χ2n) is 5.85. The summed E-state index contributed by atoms with van der Waals surface area (Å²) in [5, 5.41) is 3.57. The predicted molar refractivity (Wildman–Crippen MR) is 84.9 cm³/mol. The van der Waals surface area contributed by atoms with Gasteiger partial charge in [0.1, 0.15) is 6.10 Å². The Balaban J connectivity index is 1.77. The summed E-state index contributed by atoms with van der Waals surface area (Å²) in [7, 11) is 0. The van der Waals surface area contributed by atoms with Gasteiger partial charge in [-0.15, -0.1) is 0 Å². The Morgan fingerprint density at radius 2 is 2.14 bits per heavy atom. The highest BCUT2D eigenvalue weighted by molar-refractivity contribution is 5.47. The van der Waals surface area contributed by atoms with Crippen LogP contribution in [0.25, 0.3) is 0 Å². The fourth-order valence-electron chi connectivity index (χ4n) is 2.68. The van der Waals surface area contributed by atoms with E-state index in [4.69, 9.17) is 9.47 Å². The zero-order chi connectivity index (χ0) is 14.5. The third kappa shape index (κ3) is 4.01. The van der Waals surface area contributed by atoms with Crippen LogP contribution >= 0.6 is 0 Å². The van der Waals surface area contributed by atoms with Crippen molar-refractivity contribution in [3.8, 4) is 11.5 Å². The van der Waals surface area contributed by atoms with E-state index in [2.05, 4.69) is 29.6 Å². The first kappa shape index (κ1) is 14.5. The van der Waals surface area contributed by atoms with E-state index in [-0.39, 0.29) is 6.10 Å². The van der Waals surface area contributed by atoms with Crippen LogP contribution in [0.1, 0.15) is 44.6 Å². The number of para-hydroxylation sites is 1. The maximum atomic E-state index is 6.27. The van der Waals surface area contributed by atoms with Crippen molar-refractivity contribution in [2.45, 2.75) is 57.7 Å². The first-order valence-corrected chi connectivity index (χ1v) is 8.18. The Morgan fingerprint density at radius 3 is 2.86 bits per heavy atom. The second kappa shape index (κ2) is 6.99. The molecule has 0 amide bonds. The molecule has 1 atom stereocenters. The van der Waals surface area contributed by atoms with Crippen LogP contribution in [0.3, 0.4) is 0 Å². The van der Waals surface area contributed by atoms with Crippen molar-refractivity contribution in [1.82, 2.24) is 5.32 Å². The van der Waals surface area contributed by atoms with Crippen molar-refractivity contribution in [2.24, 2.45) is 0 Å². The summed E-state index contributed by atoms with van der Waals surface area (Å²) < 4.78 is 12.0. The Hall–Kier alpha value is -1.48. The summed E-state index contributed by atoms with van der Waals surface area (Å²) in [5.41, 5.74) is 1.20. The molecular weight excluding hydrogens is 262 g/mol. The van der Waals surface area contributed by atoms with Gasteiger partial charge in [-0.05, 0) is 51.2 Å². The summed E-state index contributed by atoms with van der Waals surface area (Å²) in [5.74, 6) is 1.79. The minimum Gasteiger partial charge on any atom is -0.490 e. The number of nitrogens with one attached hydrogen (secondary N) is 1. The lowest BCUT2D eigenvalue weighted by Crippen LogP contribution is -2.20. The first-order valence-electron chi connectivity index (χ1n) is 8.18. The zero-order valence-electron chi connectivity index (χ0n) is 12.8. The molecule has 1 unspecified atom stereocenters. The van der Waals surface area contributed by atoms with Crippen LogP contribution in [0, 0.1) is 0 Å². The monoisotopic (exact) mass is 287 g/mol. The van der Waals surface area contributed by atoms with E-state index in [1.54, 1.807) is 0 Å². The molecule has 21 heavy (non-hydrogen) atoms. The van der Waals surface area contributed by atoms with E-state index < -0.39 is 0 Å². The van der Waals surface area contributed by atoms with Crippen LogP contribution in [-0.4, -0.2) is 18.8 Å². The summed E-state index contributed by atoms with van der Waals surface area (Å²) in [4.78, 5) is 0. The highest BCUT2D eigenvalue weighted by Gasteiger charge is 2.22. The average Bonchev–Trinajstić information content (AvgIpc) is 3.33. The maximum Gasteiger partial charge on any atom is 0.166 e. The lowest BCUT2D eigenvalue weighted by molar-refractivity contribution is 0.211. The van der Waals surface area contributed by atoms with Crippen LogP contribution in [0.2, 0.25) is 0 Å². The molecule has 2 aliphatic rings. The molecule has 1 saturated carbocycles. The van der Waals surface area contributed by atoms with Gasteiger partial charge >= 0.3 is 0 Å². The summed E-state index contributed by atoms with van der Waals surface area (Å²) in [6.07, 6.45) is 10.6. The number of allylic oxidation sites excluding steroid dienone is 1. The maximum absolute atomic E-state index is 6.27. The van der Waals surface area contributed by atoms with Crippen LogP contribution in [0.5, 0.6) is 11.5 Å². The van der Waals surface area contributed by atoms with E-state index in [9.17, 15) is 0 Å². The van der Waals surface area contributed by atoms with Crippen molar-refractivity contribution < 1.29 is 9.47 Å². The van der Waals surface area contributed by atoms with E-state index in [1.165, 1.54) is 31.2 Å². The Labute approximate surface area is 127 Å². The zero-order valence-corrected chi connectivity index (χ0v) is 12.8. The average molecular weight is 287 g/mol. The molecular formula is C18H25NO2. The molecule has 0 heterocycles. The standard InChI is InChI=1S/C18H25NO2/c1-2-20-17-10-6-7-14(13-19-15-11-12-15)18(17)21-16-8-4-3-5-9-16/h4,6-8,10,15-16,19H,2-3,5,9,11-13H2,1H3. The van der Waals surface area contributed by atoms with Gasteiger partial charge in [-0.25, -0.2) is 0 Å². The Kier molecular flexibility index (Phi) is 4.81. The van der Waals surface area contributed by atoms with Gasteiger partial charge in [0.2, 0.25) is 0 Å². The normalized spacial score (nSPS) is 21.3. The highest BCUT2D eigenvalue weighted by Crippen LogP contribution is 2.34. The van der Waals surface area contributed by atoms with Crippen LogP contribution < -0.4 is 14.8 Å². The first-order chi connectivity index (χ1) is 10.4. The summed E-state index contributed by atoms with van der Waals surface area (Å²) in [6.45, 7) is 3.53. The molecule has 114 valence electrons. The molecule has 1 N–H and O–H groups in total. The fraction of sp³-hybridized carbons (Fsp3) is 0.556. The lowest BCUT2D eigenvalue weighted by atomic mass is 10.1. The van der Waals surface area contributed by atoms with Gasteiger partial charge in [0, 0.05) is 18.2 Å². The number of benzene rings is 1. The minimum atomic E-state index is 0.181. The number of hydrogen-bond donors (Lipinski definition) is 1. The molecule has 0 aromatic heterocycles. The smallest absolute Gasteiger partial charge is 0.166 e. The molecule has 3 rings (SSSR count). The van der Waals surface area contributed by atoms with E-state index in [0.29, 0.717) is 12.6 Å². The van der Waals surface area contributed by atoms with Gasteiger partial charge in [0.15, 0.2) is 11.5 Å². The molecule has 2 aliphatic carbocycles. The SMILES string of the molecule is CCOc1cccc(CNC2CC2)c1OC1C=CCCC1. The van der Waals surface area contributed by atoms with Crippen molar-refractivity contribution in [1.29, 1.82) is 0 Å². The van der Waals surface area contributed by atoms with Crippen molar-refractivity contribution in [2.75, 3.05) is 6.61 Å². The van der Waals surface area contributed by atoms with Gasteiger partial charge in [-0.2, -0.15) is 0 Å².